The summed E-state index contributed by atoms with van der Waals surface area (Å²) in [5.41, 5.74) is 1.76. The summed E-state index contributed by atoms with van der Waals surface area (Å²) in [7, 11) is 0. The molecule has 2 fully saturated rings. The number of likely N-dealkylation sites (tertiary alicyclic amines) is 1. The van der Waals surface area contributed by atoms with Crippen LogP contribution >= 0.6 is 0 Å². The minimum atomic E-state index is -0.733. The zero-order valence-electron chi connectivity index (χ0n) is 12.8. The summed E-state index contributed by atoms with van der Waals surface area (Å²) < 4.78 is 14.2. The number of carboxylic acid groups (broad SMARTS) is 1. The average Bonchev–Trinajstić information content (AvgIpc) is 3.02. The van der Waals surface area contributed by atoms with Gasteiger partial charge in [0.1, 0.15) is 5.82 Å². The van der Waals surface area contributed by atoms with Gasteiger partial charge in [-0.2, -0.15) is 0 Å². The van der Waals surface area contributed by atoms with E-state index in [2.05, 4.69) is 4.90 Å². The highest BCUT2D eigenvalue weighted by atomic mass is 19.1. The van der Waals surface area contributed by atoms with E-state index in [9.17, 15) is 9.18 Å². The van der Waals surface area contributed by atoms with E-state index in [0.29, 0.717) is 31.6 Å². The summed E-state index contributed by atoms with van der Waals surface area (Å²) in [5.74, 6) is -1.23. The lowest BCUT2D eigenvalue weighted by Gasteiger charge is -2.32. The van der Waals surface area contributed by atoms with Gasteiger partial charge < -0.3 is 10.0 Å². The Labute approximate surface area is 130 Å². The second-order valence-electron chi connectivity index (χ2n) is 6.37. The third-order valence-electron chi connectivity index (χ3n) is 4.80. The molecule has 0 unspecified atom stereocenters. The van der Waals surface area contributed by atoms with E-state index in [-0.39, 0.29) is 11.7 Å². The van der Waals surface area contributed by atoms with Crippen molar-refractivity contribution in [2.75, 3.05) is 31.1 Å². The number of aliphatic carboxylic acids is 1. The maximum Gasteiger partial charge on any atom is 0.306 e. The van der Waals surface area contributed by atoms with Crippen molar-refractivity contribution in [3.8, 4) is 0 Å². The molecule has 120 valence electrons. The lowest BCUT2D eigenvalue weighted by atomic mass is 9.96. The van der Waals surface area contributed by atoms with Crippen LogP contribution < -0.4 is 4.90 Å². The lowest BCUT2D eigenvalue weighted by molar-refractivity contribution is -0.142. The van der Waals surface area contributed by atoms with Crippen molar-refractivity contribution in [1.82, 2.24) is 4.90 Å². The van der Waals surface area contributed by atoms with Crippen LogP contribution in [0.1, 0.15) is 31.2 Å². The SMILES string of the molecule is O=C(O)C1CCN(c2cc(CN3CCCC3)ccc2F)CC1. The number of carboxylic acids is 1. The molecule has 22 heavy (non-hydrogen) atoms. The molecular weight excluding hydrogens is 283 g/mol. The van der Waals surface area contributed by atoms with Gasteiger partial charge in [-0.05, 0) is 56.5 Å². The predicted molar refractivity (Wildman–Crippen MR) is 83.5 cm³/mol. The maximum atomic E-state index is 14.2. The van der Waals surface area contributed by atoms with Gasteiger partial charge in [0.05, 0.1) is 11.6 Å². The Morgan fingerprint density at radius 2 is 1.86 bits per heavy atom. The van der Waals surface area contributed by atoms with Crippen LogP contribution in [-0.2, 0) is 11.3 Å². The first-order valence-electron chi connectivity index (χ1n) is 8.12. The van der Waals surface area contributed by atoms with Crippen LogP contribution in [0.2, 0.25) is 0 Å². The lowest BCUT2D eigenvalue weighted by Crippen LogP contribution is -2.36. The van der Waals surface area contributed by atoms with E-state index in [4.69, 9.17) is 5.11 Å². The zero-order chi connectivity index (χ0) is 15.5. The normalized spacial score (nSPS) is 20.5. The molecule has 2 saturated heterocycles. The second kappa shape index (κ2) is 6.65. The van der Waals surface area contributed by atoms with Crippen molar-refractivity contribution >= 4 is 11.7 Å². The molecule has 1 aromatic carbocycles. The first-order valence-corrected chi connectivity index (χ1v) is 8.12. The third kappa shape index (κ3) is 3.40. The van der Waals surface area contributed by atoms with Crippen LogP contribution in [0.25, 0.3) is 0 Å². The van der Waals surface area contributed by atoms with Crippen molar-refractivity contribution < 1.29 is 14.3 Å². The first-order chi connectivity index (χ1) is 10.6. The zero-order valence-corrected chi connectivity index (χ0v) is 12.8. The van der Waals surface area contributed by atoms with Crippen molar-refractivity contribution in [2.45, 2.75) is 32.2 Å². The molecule has 1 aromatic rings. The number of benzene rings is 1. The summed E-state index contributed by atoms with van der Waals surface area (Å²) in [4.78, 5) is 15.4. The molecule has 2 aliphatic heterocycles. The number of nitrogens with zero attached hydrogens (tertiary/aromatic N) is 2. The van der Waals surface area contributed by atoms with Crippen LogP contribution in [0.5, 0.6) is 0 Å². The molecule has 4 nitrogen and oxygen atoms in total. The predicted octanol–water partition coefficient (Wildman–Crippen LogP) is 2.72. The molecule has 0 amide bonds. The van der Waals surface area contributed by atoms with Crippen LogP contribution in [0.4, 0.5) is 10.1 Å². The highest BCUT2D eigenvalue weighted by Gasteiger charge is 2.26. The van der Waals surface area contributed by atoms with E-state index in [1.807, 2.05) is 17.0 Å². The van der Waals surface area contributed by atoms with Crippen LogP contribution in [0.15, 0.2) is 18.2 Å². The number of rotatable bonds is 4. The maximum absolute atomic E-state index is 14.2. The molecule has 0 aliphatic carbocycles. The molecule has 2 heterocycles. The summed E-state index contributed by atoms with van der Waals surface area (Å²) in [6, 6.07) is 5.35. The van der Waals surface area contributed by atoms with E-state index in [1.165, 1.54) is 12.8 Å². The fourth-order valence-corrected chi connectivity index (χ4v) is 3.47. The molecule has 0 saturated carbocycles. The van der Waals surface area contributed by atoms with Gasteiger partial charge in [0.2, 0.25) is 0 Å². The van der Waals surface area contributed by atoms with Crippen molar-refractivity contribution in [2.24, 2.45) is 5.92 Å². The van der Waals surface area contributed by atoms with Crippen molar-refractivity contribution in [3.05, 3.63) is 29.6 Å². The van der Waals surface area contributed by atoms with Crippen molar-refractivity contribution in [3.63, 3.8) is 0 Å². The van der Waals surface area contributed by atoms with Crippen LogP contribution in [0.3, 0.4) is 0 Å². The monoisotopic (exact) mass is 306 g/mol. The first kappa shape index (κ1) is 15.3. The molecule has 0 bridgehead atoms. The molecule has 0 aromatic heterocycles. The fraction of sp³-hybridized carbons (Fsp3) is 0.588. The van der Waals surface area contributed by atoms with Gasteiger partial charge in [0, 0.05) is 19.6 Å². The number of anilines is 1. The van der Waals surface area contributed by atoms with Crippen molar-refractivity contribution in [1.29, 1.82) is 0 Å². The standard InChI is InChI=1S/C17H23FN2O2/c18-15-4-3-13(12-19-7-1-2-8-19)11-16(15)20-9-5-14(6-10-20)17(21)22/h3-4,11,14H,1-2,5-10,12H2,(H,21,22). The van der Waals surface area contributed by atoms with E-state index < -0.39 is 5.97 Å². The van der Waals surface area contributed by atoms with Gasteiger partial charge in [-0.3, -0.25) is 9.69 Å². The molecule has 0 atom stereocenters. The average molecular weight is 306 g/mol. The topological polar surface area (TPSA) is 43.8 Å². The summed E-state index contributed by atoms with van der Waals surface area (Å²) in [6.45, 7) is 4.34. The summed E-state index contributed by atoms with van der Waals surface area (Å²) >= 11 is 0. The molecule has 3 rings (SSSR count). The number of carbonyl (C=O) groups is 1. The Hall–Kier alpha value is -1.62. The number of halogens is 1. The van der Waals surface area contributed by atoms with Crippen LogP contribution in [0, 0.1) is 11.7 Å². The minimum absolute atomic E-state index is 0.209. The Kier molecular flexibility index (Phi) is 4.62. The van der Waals surface area contributed by atoms with Gasteiger partial charge >= 0.3 is 5.97 Å². The molecule has 1 N–H and O–H groups in total. The largest absolute Gasteiger partial charge is 0.481 e. The van der Waals surface area contributed by atoms with E-state index >= 15 is 0 Å². The highest BCUT2D eigenvalue weighted by molar-refractivity contribution is 5.70. The Balaban J connectivity index is 1.68. The van der Waals surface area contributed by atoms with Crippen LogP contribution in [-0.4, -0.2) is 42.2 Å². The van der Waals surface area contributed by atoms with Gasteiger partial charge in [-0.25, -0.2) is 4.39 Å². The molecular formula is C17H23FN2O2. The smallest absolute Gasteiger partial charge is 0.306 e. The number of piperidine rings is 1. The fourth-order valence-electron chi connectivity index (χ4n) is 3.47. The Morgan fingerprint density at radius 3 is 2.50 bits per heavy atom. The van der Waals surface area contributed by atoms with Gasteiger partial charge in [0.25, 0.3) is 0 Å². The Bertz CT molecular complexity index is 535. The van der Waals surface area contributed by atoms with Gasteiger partial charge in [0.15, 0.2) is 0 Å². The second-order valence-corrected chi connectivity index (χ2v) is 6.37. The highest BCUT2D eigenvalue weighted by Crippen LogP contribution is 2.27. The molecule has 5 heteroatoms. The van der Waals surface area contributed by atoms with Gasteiger partial charge in [-0.15, -0.1) is 0 Å². The summed E-state index contributed by atoms with van der Waals surface area (Å²) in [6.07, 6.45) is 3.67. The summed E-state index contributed by atoms with van der Waals surface area (Å²) in [5, 5.41) is 9.05. The quantitative estimate of drug-likeness (QED) is 0.929. The molecule has 0 spiro atoms. The number of hydrogen-bond donors (Lipinski definition) is 1. The molecule has 0 radical (unpaired) electrons. The Morgan fingerprint density at radius 1 is 1.18 bits per heavy atom. The van der Waals surface area contributed by atoms with Gasteiger partial charge in [-0.1, -0.05) is 6.07 Å². The minimum Gasteiger partial charge on any atom is -0.481 e. The third-order valence-corrected chi connectivity index (χ3v) is 4.80. The van der Waals surface area contributed by atoms with E-state index in [0.717, 1.165) is 25.2 Å². The number of hydrogen-bond acceptors (Lipinski definition) is 3. The van der Waals surface area contributed by atoms with E-state index in [1.54, 1.807) is 6.07 Å². The molecule has 2 aliphatic rings.